The van der Waals surface area contributed by atoms with E-state index in [1.165, 1.54) is 5.56 Å². The van der Waals surface area contributed by atoms with Crippen molar-refractivity contribution in [2.24, 2.45) is 0 Å². The van der Waals surface area contributed by atoms with Gasteiger partial charge < -0.3 is 10.2 Å². The molecule has 0 bridgehead atoms. The lowest BCUT2D eigenvalue weighted by Crippen LogP contribution is -2.43. The predicted octanol–water partition coefficient (Wildman–Crippen LogP) is 4.19. The highest BCUT2D eigenvalue weighted by Crippen LogP contribution is 2.41. The summed E-state index contributed by atoms with van der Waals surface area (Å²) >= 11 is 0. The number of nitrogens with one attached hydrogen (secondary N) is 1. The second-order valence-corrected chi connectivity index (χ2v) is 8.82. The number of likely N-dealkylation sites (tertiary alicyclic amines) is 1. The molecular formula is C21H28N4O. The molecule has 138 valence electrons. The third-order valence-corrected chi connectivity index (χ3v) is 5.94. The third-order valence-electron chi connectivity index (χ3n) is 5.94. The highest BCUT2D eigenvalue weighted by Gasteiger charge is 2.41. The molecular weight excluding hydrogens is 324 g/mol. The second-order valence-electron chi connectivity index (χ2n) is 8.82. The van der Waals surface area contributed by atoms with Crippen LogP contribution in [0.5, 0.6) is 0 Å². The van der Waals surface area contributed by atoms with Crippen LogP contribution in [0.25, 0.3) is 0 Å². The lowest BCUT2D eigenvalue weighted by Gasteiger charge is -2.39. The molecule has 3 heterocycles. The summed E-state index contributed by atoms with van der Waals surface area (Å²) < 4.78 is 1.99. The zero-order valence-corrected chi connectivity index (χ0v) is 16.1. The fraction of sp³-hybridized carbons (Fsp3) is 0.524. The molecule has 2 aromatic rings. The van der Waals surface area contributed by atoms with Crippen LogP contribution >= 0.6 is 0 Å². The van der Waals surface area contributed by atoms with Gasteiger partial charge in [0.1, 0.15) is 11.4 Å². The van der Waals surface area contributed by atoms with E-state index in [1.54, 1.807) is 6.20 Å². The number of amides is 1. The third kappa shape index (κ3) is 2.70. The fourth-order valence-electron chi connectivity index (χ4n) is 4.42. The molecule has 1 amide bonds. The van der Waals surface area contributed by atoms with E-state index in [2.05, 4.69) is 62.4 Å². The number of hydrogen-bond donors (Lipinski definition) is 1. The molecule has 1 fully saturated rings. The van der Waals surface area contributed by atoms with Crippen molar-refractivity contribution in [3.63, 3.8) is 0 Å². The van der Waals surface area contributed by atoms with Gasteiger partial charge in [0.25, 0.3) is 5.91 Å². The second kappa shape index (κ2) is 5.86. The summed E-state index contributed by atoms with van der Waals surface area (Å²) in [6, 6.07) is 10.6. The molecule has 5 nitrogen and oxygen atoms in total. The average molecular weight is 352 g/mol. The Labute approximate surface area is 155 Å². The van der Waals surface area contributed by atoms with Gasteiger partial charge in [-0.3, -0.25) is 4.79 Å². The Hall–Kier alpha value is -2.30. The van der Waals surface area contributed by atoms with Crippen LogP contribution in [0.4, 0.5) is 5.82 Å². The quantitative estimate of drug-likeness (QED) is 0.882. The maximum absolute atomic E-state index is 13.3. The van der Waals surface area contributed by atoms with Crippen LogP contribution < -0.4 is 5.32 Å². The van der Waals surface area contributed by atoms with Crippen LogP contribution in [-0.2, 0) is 5.54 Å². The van der Waals surface area contributed by atoms with E-state index in [-0.39, 0.29) is 23.0 Å². The van der Waals surface area contributed by atoms with Crippen LogP contribution in [0.15, 0.2) is 36.5 Å². The van der Waals surface area contributed by atoms with Crippen molar-refractivity contribution in [2.75, 3.05) is 11.9 Å². The van der Waals surface area contributed by atoms with Crippen molar-refractivity contribution in [1.29, 1.82) is 0 Å². The van der Waals surface area contributed by atoms with Crippen molar-refractivity contribution in [2.45, 2.75) is 64.1 Å². The standard InChI is InChI=1S/C21H28N4O/c1-20(2)11-8-12-24(20)19(26)16-14-22-25-18(16)23-17(13-21(25,3)4)15-9-6-5-7-10-15/h5-7,9-10,14,17,23H,8,11-13H2,1-4H3. The first-order valence-corrected chi connectivity index (χ1v) is 9.52. The zero-order valence-electron chi connectivity index (χ0n) is 16.1. The maximum Gasteiger partial charge on any atom is 0.259 e. The number of benzene rings is 1. The molecule has 4 rings (SSSR count). The van der Waals surface area contributed by atoms with E-state index in [0.29, 0.717) is 5.56 Å². The molecule has 1 atom stereocenters. The number of carbonyl (C=O) groups excluding carboxylic acids is 1. The van der Waals surface area contributed by atoms with Gasteiger partial charge in [0.2, 0.25) is 0 Å². The Bertz CT molecular complexity index is 822. The van der Waals surface area contributed by atoms with E-state index < -0.39 is 0 Å². The Morgan fingerprint density at radius 2 is 1.88 bits per heavy atom. The normalized spacial score (nSPS) is 23.4. The van der Waals surface area contributed by atoms with E-state index in [4.69, 9.17) is 0 Å². The summed E-state index contributed by atoms with van der Waals surface area (Å²) in [5.41, 5.74) is 1.69. The molecule has 1 saturated heterocycles. The number of rotatable bonds is 2. The SMILES string of the molecule is CC1(C)CCCN1C(=O)c1cnn2c1NC(c1ccccc1)CC2(C)C. The first kappa shape index (κ1) is 17.1. The summed E-state index contributed by atoms with van der Waals surface area (Å²) in [6.45, 7) is 9.50. The highest BCUT2D eigenvalue weighted by molar-refractivity contribution is 5.99. The van der Waals surface area contributed by atoms with Gasteiger partial charge in [-0.2, -0.15) is 5.10 Å². The van der Waals surface area contributed by atoms with Crippen molar-refractivity contribution < 1.29 is 4.79 Å². The Balaban J connectivity index is 1.71. The van der Waals surface area contributed by atoms with Gasteiger partial charge in [-0.1, -0.05) is 30.3 Å². The summed E-state index contributed by atoms with van der Waals surface area (Å²) in [5, 5.41) is 8.19. The smallest absolute Gasteiger partial charge is 0.259 e. The molecule has 2 aliphatic heterocycles. The average Bonchev–Trinajstić information content (AvgIpc) is 3.18. The van der Waals surface area contributed by atoms with Gasteiger partial charge >= 0.3 is 0 Å². The van der Waals surface area contributed by atoms with Crippen LogP contribution in [0.1, 0.15) is 68.9 Å². The van der Waals surface area contributed by atoms with Crippen LogP contribution in [0.2, 0.25) is 0 Å². The molecule has 1 aromatic carbocycles. The molecule has 0 radical (unpaired) electrons. The number of nitrogens with zero attached hydrogens (tertiary/aromatic N) is 3. The lowest BCUT2D eigenvalue weighted by molar-refractivity contribution is 0.0652. The Kier molecular flexibility index (Phi) is 3.86. The van der Waals surface area contributed by atoms with Crippen LogP contribution in [0, 0.1) is 0 Å². The van der Waals surface area contributed by atoms with E-state index in [9.17, 15) is 4.79 Å². The van der Waals surface area contributed by atoms with Gasteiger partial charge in [-0.05, 0) is 52.5 Å². The number of aromatic nitrogens is 2. The first-order chi connectivity index (χ1) is 12.3. The molecule has 0 spiro atoms. The lowest BCUT2D eigenvalue weighted by atomic mass is 9.89. The molecule has 1 N–H and O–H groups in total. The summed E-state index contributed by atoms with van der Waals surface area (Å²) in [5.74, 6) is 0.938. The zero-order chi connectivity index (χ0) is 18.5. The maximum atomic E-state index is 13.3. The predicted molar refractivity (Wildman–Crippen MR) is 103 cm³/mol. The monoisotopic (exact) mass is 352 g/mol. The summed E-state index contributed by atoms with van der Waals surface area (Å²) in [7, 11) is 0. The van der Waals surface area contributed by atoms with E-state index >= 15 is 0 Å². The topological polar surface area (TPSA) is 50.2 Å². The minimum atomic E-state index is -0.153. The van der Waals surface area contributed by atoms with Gasteiger partial charge in [0.05, 0.1) is 17.8 Å². The summed E-state index contributed by atoms with van der Waals surface area (Å²) in [6.07, 6.45) is 4.78. The molecule has 2 aliphatic rings. The van der Waals surface area contributed by atoms with Gasteiger partial charge in [0, 0.05) is 12.1 Å². The number of anilines is 1. The van der Waals surface area contributed by atoms with E-state index in [1.807, 2.05) is 15.6 Å². The van der Waals surface area contributed by atoms with Gasteiger partial charge in [-0.15, -0.1) is 0 Å². The molecule has 1 aromatic heterocycles. The van der Waals surface area contributed by atoms with Crippen molar-refractivity contribution in [1.82, 2.24) is 14.7 Å². The fourth-order valence-corrected chi connectivity index (χ4v) is 4.42. The number of carbonyl (C=O) groups is 1. The first-order valence-electron chi connectivity index (χ1n) is 9.52. The minimum Gasteiger partial charge on any atom is -0.363 e. The highest BCUT2D eigenvalue weighted by atomic mass is 16.2. The molecule has 1 unspecified atom stereocenters. The summed E-state index contributed by atoms with van der Waals surface area (Å²) in [4.78, 5) is 15.3. The molecule has 5 heteroatoms. The minimum absolute atomic E-state index is 0.0884. The number of hydrogen-bond acceptors (Lipinski definition) is 3. The van der Waals surface area contributed by atoms with Crippen LogP contribution in [0.3, 0.4) is 0 Å². The number of fused-ring (bicyclic) bond motifs is 1. The largest absolute Gasteiger partial charge is 0.363 e. The molecule has 0 aliphatic carbocycles. The van der Waals surface area contributed by atoms with Gasteiger partial charge in [0.15, 0.2) is 0 Å². The van der Waals surface area contributed by atoms with Crippen molar-refractivity contribution >= 4 is 11.7 Å². The van der Waals surface area contributed by atoms with E-state index in [0.717, 1.165) is 31.6 Å². The molecule has 26 heavy (non-hydrogen) atoms. The van der Waals surface area contributed by atoms with Crippen LogP contribution in [-0.4, -0.2) is 32.7 Å². The van der Waals surface area contributed by atoms with Gasteiger partial charge in [-0.25, -0.2) is 4.68 Å². The van der Waals surface area contributed by atoms with Crippen molar-refractivity contribution in [3.05, 3.63) is 47.7 Å². The Morgan fingerprint density at radius 3 is 2.54 bits per heavy atom. The van der Waals surface area contributed by atoms with Crippen molar-refractivity contribution in [3.8, 4) is 0 Å². The Morgan fingerprint density at radius 1 is 1.15 bits per heavy atom. The molecule has 0 saturated carbocycles.